The first-order valence-corrected chi connectivity index (χ1v) is 7.52. The van der Waals surface area contributed by atoms with Crippen LogP contribution >= 0.6 is 0 Å². The van der Waals surface area contributed by atoms with E-state index in [0.717, 1.165) is 43.9 Å². The van der Waals surface area contributed by atoms with Crippen LogP contribution in [0.2, 0.25) is 0 Å². The predicted octanol–water partition coefficient (Wildman–Crippen LogP) is 0.557. The molecule has 0 radical (unpaired) electrons. The van der Waals surface area contributed by atoms with E-state index >= 15 is 0 Å². The number of amides is 2. The van der Waals surface area contributed by atoms with E-state index in [2.05, 4.69) is 4.90 Å². The molecule has 21 heavy (non-hydrogen) atoms. The molecule has 5 nitrogen and oxygen atoms in total. The van der Waals surface area contributed by atoms with E-state index in [4.69, 9.17) is 0 Å². The van der Waals surface area contributed by atoms with Gasteiger partial charge in [0.2, 0.25) is 5.91 Å². The fourth-order valence-electron chi connectivity index (χ4n) is 3.50. The third-order valence-corrected chi connectivity index (χ3v) is 5.00. The average molecular weight is 285 g/mol. The first-order valence-electron chi connectivity index (χ1n) is 7.52. The van der Waals surface area contributed by atoms with E-state index in [9.17, 15) is 9.59 Å². The molecule has 0 spiro atoms. The Labute approximate surface area is 124 Å². The molecule has 0 bridgehead atoms. The molecule has 4 rings (SSSR count). The first-order chi connectivity index (χ1) is 10.1. The maximum absolute atomic E-state index is 12.4. The van der Waals surface area contributed by atoms with Gasteiger partial charge in [0.15, 0.2) is 0 Å². The van der Waals surface area contributed by atoms with Gasteiger partial charge >= 0.3 is 0 Å². The van der Waals surface area contributed by atoms with Crippen molar-refractivity contribution in [1.29, 1.82) is 0 Å². The molecule has 2 fully saturated rings. The number of fused-ring (bicyclic) bond motifs is 1. The minimum Gasteiger partial charge on any atom is -0.340 e. The molecule has 3 aliphatic heterocycles. The minimum absolute atomic E-state index is 0.161. The van der Waals surface area contributed by atoms with Crippen LogP contribution in [0.5, 0.6) is 0 Å². The Bertz CT molecular complexity index is 603. The fourth-order valence-corrected chi connectivity index (χ4v) is 3.50. The van der Waals surface area contributed by atoms with Crippen LogP contribution in [0, 0.1) is 0 Å². The predicted molar refractivity (Wildman–Crippen MR) is 77.7 cm³/mol. The van der Waals surface area contributed by atoms with E-state index < -0.39 is 0 Å². The highest BCUT2D eigenvalue weighted by atomic mass is 16.2. The van der Waals surface area contributed by atoms with Crippen molar-refractivity contribution in [2.75, 3.05) is 26.2 Å². The molecular weight excluding hydrogens is 266 g/mol. The third kappa shape index (κ3) is 1.95. The molecule has 2 saturated heterocycles. The molecule has 1 aromatic rings. The van der Waals surface area contributed by atoms with Gasteiger partial charge in [-0.05, 0) is 11.6 Å². The van der Waals surface area contributed by atoms with Crippen LogP contribution in [-0.4, -0.2) is 64.8 Å². The Kier molecular flexibility index (Phi) is 2.79. The van der Waals surface area contributed by atoms with E-state index in [1.807, 2.05) is 34.1 Å². The molecule has 110 valence electrons. The molecule has 1 aromatic carbocycles. The van der Waals surface area contributed by atoms with Crippen LogP contribution < -0.4 is 0 Å². The summed E-state index contributed by atoms with van der Waals surface area (Å²) in [5.74, 6) is 0.336. The molecule has 5 heteroatoms. The lowest BCUT2D eigenvalue weighted by atomic mass is 9.99. The first kappa shape index (κ1) is 12.8. The summed E-state index contributed by atoms with van der Waals surface area (Å²) in [5, 5.41) is 0. The summed E-state index contributed by atoms with van der Waals surface area (Å²) in [6.07, 6.45) is 0. The number of rotatable bonds is 2. The normalized spacial score (nSPS) is 23.0. The molecule has 0 atom stereocenters. The fraction of sp³-hybridized carbons (Fsp3) is 0.500. The zero-order valence-corrected chi connectivity index (χ0v) is 12.2. The van der Waals surface area contributed by atoms with Crippen LogP contribution in [0.15, 0.2) is 24.3 Å². The summed E-state index contributed by atoms with van der Waals surface area (Å²) in [7, 11) is 0. The Morgan fingerprint density at radius 2 is 1.81 bits per heavy atom. The summed E-state index contributed by atoms with van der Waals surface area (Å²) in [5.41, 5.74) is 2.01. The molecule has 0 unspecified atom stereocenters. The molecular formula is C16H19N3O2. The molecule has 0 N–H and O–H groups in total. The number of carbonyl (C=O) groups is 2. The molecule has 3 aliphatic rings. The van der Waals surface area contributed by atoms with Crippen molar-refractivity contribution in [3.8, 4) is 0 Å². The van der Waals surface area contributed by atoms with Crippen LogP contribution in [0.3, 0.4) is 0 Å². The summed E-state index contributed by atoms with van der Waals surface area (Å²) in [6.45, 7) is 5.94. The van der Waals surface area contributed by atoms with Crippen molar-refractivity contribution in [3.05, 3.63) is 35.4 Å². The number of benzene rings is 1. The monoisotopic (exact) mass is 285 g/mol. The Morgan fingerprint density at radius 1 is 1.10 bits per heavy atom. The van der Waals surface area contributed by atoms with Gasteiger partial charge in [-0.15, -0.1) is 0 Å². The van der Waals surface area contributed by atoms with Crippen LogP contribution in [0.4, 0.5) is 0 Å². The summed E-state index contributed by atoms with van der Waals surface area (Å²) in [6, 6.07) is 8.71. The third-order valence-electron chi connectivity index (χ3n) is 5.00. The number of hydrogen-bond donors (Lipinski definition) is 0. The maximum Gasteiger partial charge on any atom is 0.254 e. The highest BCUT2D eigenvalue weighted by Crippen LogP contribution is 2.30. The van der Waals surface area contributed by atoms with Crippen LogP contribution in [0.25, 0.3) is 0 Å². The zero-order valence-electron chi connectivity index (χ0n) is 12.2. The Hall–Kier alpha value is -1.88. The maximum atomic E-state index is 12.4. The summed E-state index contributed by atoms with van der Waals surface area (Å²) >= 11 is 0. The van der Waals surface area contributed by atoms with Gasteiger partial charge in [0, 0.05) is 51.3 Å². The topological polar surface area (TPSA) is 43.9 Å². The standard InChI is InChI=1S/C16H19N3O2/c1-11(20)17-7-13(8-17)18-9-14(10-18)19-6-12-4-2-3-5-15(12)16(19)21/h2-5,13-14H,6-10H2,1H3. The van der Waals surface area contributed by atoms with Crippen molar-refractivity contribution < 1.29 is 9.59 Å². The van der Waals surface area contributed by atoms with Crippen LogP contribution in [0.1, 0.15) is 22.8 Å². The second-order valence-corrected chi connectivity index (χ2v) is 6.28. The van der Waals surface area contributed by atoms with Gasteiger partial charge in [-0.25, -0.2) is 0 Å². The van der Waals surface area contributed by atoms with Crippen molar-refractivity contribution in [1.82, 2.24) is 14.7 Å². The SMILES string of the molecule is CC(=O)N1CC(N2CC(N3Cc4ccccc4C3=O)C2)C1. The Morgan fingerprint density at radius 3 is 2.48 bits per heavy atom. The largest absolute Gasteiger partial charge is 0.340 e. The second kappa shape index (κ2) is 4.56. The highest BCUT2D eigenvalue weighted by Gasteiger charge is 2.44. The number of carbonyl (C=O) groups excluding carboxylic acids is 2. The minimum atomic E-state index is 0.161. The summed E-state index contributed by atoms with van der Waals surface area (Å²) < 4.78 is 0. The lowest BCUT2D eigenvalue weighted by molar-refractivity contribution is -0.138. The number of hydrogen-bond acceptors (Lipinski definition) is 3. The van der Waals surface area contributed by atoms with E-state index in [-0.39, 0.29) is 11.8 Å². The van der Waals surface area contributed by atoms with Gasteiger partial charge in [0.05, 0.1) is 6.04 Å². The lowest BCUT2D eigenvalue weighted by Crippen LogP contribution is -2.70. The lowest BCUT2D eigenvalue weighted by Gasteiger charge is -2.53. The van der Waals surface area contributed by atoms with Gasteiger partial charge in [-0.2, -0.15) is 0 Å². The van der Waals surface area contributed by atoms with Gasteiger partial charge in [-0.3, -0.25) is 14.5 Å². The van der Waals surface area contributed by atoms with Gasteiger partial charge in [0.1, 0.15) is 0 Å². The van der Waals surface area contributed by atoms with Gasteiger partial charge < -0.3 is 9.80 Å². The van der Waals surface area contributed by atoms with Crippen molar-refractivity contribution in [2.24, 2.45) is 0 Å². The van der Waals surface area contributed by atoms with Crippen molar-refractivity contribution >= 4 is 11.8 Å². The smallest absolute Gasteiger partial charge is 0.254 e. The van der Waals surface area contributed by atoms with Crippen molar-refractivity contribution in [3.63, 3.8) is 0 Å². The second-order valence-electron chi connectivity index (χ2n) is 6.28. The van der Waals surface area contributed by atoms with E-state index in [1.54, 1.807) is 6.92 Å². The van der Waals surface area contributed by atoms with Crippen LogP contribution in [-0.2, 0) is 11.3 Å². The molecule has 2 amide bonds. The van der Waals surface area contributed by atoms with E-state index in [1.165, 1.54) is 0 Å². The average Bonchev–Trinajstić information content (AvgIpc) is 2.68. The Balaban J connectivity index is 1.34. The zero-order chi connectivity index (χ0) is 14.6. The highest BCUT2D eigenvalue weighted by molar-refractivity contribution is 5.98. The van der Waals surface area contributed by atoms with Gasteiger partial charge in [0.25, 0.3) is 5.91 Å². The molecule has 0 saturated carbocycles. The summed E-state index contributed by atoms with van der Waals surface area (Å²) in [4.78, 5) is 29.8. The van der Waals surface area contributed by atoms with E-state index in [0.29, 0.717) is 12.1 Å². The number of likely N-dealkylation sites (tertiary alicyclic amines) is 2. The van der Waals surface area contributed by atoms with Crippen molar-refractivity contribution in [2.45, 2.75) is 25.6 Å². The van der Waals surface area contributed by atoms with Gasteiger partial charge in [-0.1, -0.05) is 18.2 Å². The molecule has 0 aromatic heterocycles. The number of nitrogens with zero attached hydrogens (tertiary/aromatic N) is 3. The molecule has 3 heterocycles. The molecule has 0 aliphatic carbocycles. The quantitative estimate of drug-likeness (QED) is 0.797.